The van der Waals surface area contributed by atoms with E-state index in [1.807, 2.05) is 36.4 Å². The fourth-order valence-electron chi connectivity index (χ4n) is 2.27. The van der Waals surface area contributed by atoms with Crippen LogP contribution in [0, 0.1) is 5.82 Å². The minimum Gasteiger partial charge on any atom is -1.00 e. The first kappa shape index (κ1) is 18.0. The molecule has 0 spiro atoms. The first-order valence-electron chi connectivity index (χ1n) is 7.49. The third kappa shape index (κ3) is 5.11. The molecule has 3 aromatic rings. The van der Waals surface area contributed by atoms with Crippen LogP contribution in [0.2, 0.25) is 0 Å². The van der Waals surface area contributed by atoms with Crippen molar-refractivity contribution in [2.45, 2.75) is 19.7 Å². The van der Waals surface area contributed by atoms with Crippen LogP contribution in [0.4, 0.5) is 4.39 Å². The normalized spacial score (nSPS) is 10.2. The molecule has 3 nitrogen and oxygen atoms in total. The van der Waals surface area contributed by atoms with E-state index in [4.69, 9.17) is 9.15 Å². The SMILES string of the molecule is Fc1ccc(COc2ccccc2CNCc2ccco2)cc1.[Cl-]. The number of halogens is 2. The van der Waals surface area contributed by atoms with Gasteiger partial charge in [0.2, 0.25) is 0 Å². The second-order valence-electron chi connectivity index (χ2n) is 5.21. The molecule has 1 heterocycles. The highest BCUT2D eigenvalue weighted by atomic mass is 35.5. The van der Waals surface area contributed by atoms with E-state index < -0.39 is 0 Å². The summed E-state index contributed by atoms with van der Waals surface area (Å²) in [4.78, 5) is 0. The summed E-state index contributed by atoms with van der Waals surface area (Å²) in [6.07, 6.45) is 1.66. The highest BCUT2D eigenvalue weighted by Crippen LogP contribution is 2.19. The van der Waals surface area contributed by atoms with Crippen molar-refractivity contribution >= 4 is 0 Å². The van der Waals surface area contributed by atoms with Gasteiger partial charge in [0.15, 0.2) is 0 Å². The lowest BCUT2D eigenvalue weighted by molar-refractivity contribution is -0.00000610. The molecule has 0 saturated heterocycles. The van der Waals surface area contributed by atoms with Crippen molar-refractivity contribution < 1.29 is 26.0 Å². The Morgan fingerprint density at radius 3 is 2.46 bits per heavy atom. The van der Waals surface area contributed by atoms with E-state index in [0.29, 0.717) is 19.7 Å². The van der Waals surface area contributed by atoms with Crippen LogP contribution in [0.3, 0.4) is 0 Å². The van der Waals surface area contributed by atoms with Gasteiger partial charge in [0.1, 0.15) is 23.9 Å². The minimum atomic E-state index is -0.240. The van der Waals surface area contributed by atoms with Crippen molar-refractivity contribution in [3.05, 3.63) is 89.6 Å². The lowest BCUT2D eigenvalue weighted by Crippen LogP contribution is -3.00. The quantitative estimate of drug-likeness (QED) is 0.700. The average Bonchev–Trinajstić information content (AvgIpc) is 3.09. The Balaban J connectivity index is 0.00000208. The second kappa shape index (κ2) is 9.11. The van der Waals surface area contributed by atoms with E-state index in [-0.39, 0.29) is 18.2 Å². The summed E-state index contributed by atoms with van der Waals surface area (Å²) < 4.78 is 24.1. The fraction of sp³-hybridized carbons (Fsp3) is 0.158. The van der Waals surface area contributed by atoms with Crippen LogP contribution < -0.4 is 22.5 Å². The molecule has 24 heavy (non-hydrogen) atoms. The van der Waals surface area contributed by atoms with Crippen LogP contribution in [0.5, 0.6) is 5.75 Å². The predicted octanol–water partition coefficient (Wildman–Crippen LogP) is 1.29. The molecule has 0 aliphatic carbocycles. The fourth-order valence-corrected chi connectivity index (χ4v) is 2.27. The summed E-state index contributed by atoms with van der Waals surface area (Å²) >= 11 is 0. The van der Waals surface area contributed by atoms with Crippen molar-refractivity contribution in [1.29, 1.82) is 0 Å². The molecule has 0 unspecified atom stereocenters. The van der Waals surface area contributed by atoms with E-state index in [1.165, 1.54) is 12.1 Å². The monoisotopic (exact) mass is 346 g/mol. The first-order valence-corrected chi connectivity index (χ1v) is 7.49. The maximum absolute atomic E-state index is 12.9. The molecule has 0 amide bonds. The van der Waals surface area contributed by atoms with Gasteiger partial charge in [0.25, 0.3) is 0 Å². The van der Waals surface area contributed by atoms with E-state index in [0.717, 1.165) is 22.6 Å². The minimum absolute atomic E-state index is 0. The van der Waals surface area contributed by atoms with Crippen molar-refractivity contribution in [2.24, 2.45) is 0 Å². The van der Waals surface area contributed by atoms with Crippen LogP contribution in [0.15, 0.2) is 71.3 Å². The molecule has 3 rings (SSSR count). The standard InChI is InChI=1S/C19H18FNO2.ClH/c20-17-9-7-15(8-10-17)14-23-19-6-2-1-4-16(19)12-21-13-18-5-3-11-22-18;/h1-11,21H,12-14H2;1H/p-1. The molecule has 0 saturated carbocycles. The molecular formula is C19H18ClFNO2-. The summed E-state index contributed by atoms with van der Waals surface area (Å²) in [7, 11) is 0. The number of benzene rings is 2. The number of para-hydroxylation sites is 1. The Morgan fingerprint density at radius 2 is 1.71 bits per heavy atom. The Hall–Kier alpha value is -2.30. The third-order valence-electron chi connectivity index (χ3n) is 3.47. The third-order valence-corrected chi connectivity index (χ3v) is 3.47. The number of hydrogen-bond donors (Lipinski definition) is 1. The highest BCUT2D eigenvalue weighted by Gasteiger charge is 2.04. The zero-order valence-corrected chi connectivity index (χ0v) is 13.8. The van der Waals surface area contributed by atoms with Gasteiger partial charge in [-0.2, -0.15) is 0 Å². The maximum atomic E-state index is 12.9. The zero-order chi connectivity index (χ0) is 15.9. The largest absolute Gasteiger partial charge is 1.00 e. The molecule has 0 aliphatic heterocycles. The lowest BCUT2D eigenvalue weighted by atomic mass is 10.2. The summed E-state index contributed by atoms with van der Waals surface area (Å²) in [6.45, 7) is 1.76. The van der Waals surface area contributed by atoms with Crippen molar-refractivity contribution in [3.8, 4) is 5.75 Å². The molecule has 0 aliphatic rings. The molecule has 1 N–H and O–H groups in total. The molecule has 126 valence electrons. The average molecular weight is 347 g/mol. The van der Waals surface area contributed by atoms with Gasteiger partial charge < -0.3 is 26.9 Å². The molecule has 0 fully saturated rings. The Bertz CT molecular complexity index is 729. The van der Waals surface area contributed by atoms with Crippen molar-refractivity contribution in [3.63, 3.8) is 0 Å². The Morgan fingerprint density at radius 1 is 0.917 bits per heavy atom. The van der Waals surface area contributed by atoms with Gasteiger partial charge in [0, 0.05) is 12.1 Å². The van der Waals surface area contributed by atoms with Gasteiger partial charge in [-0.05, 0) is 35.9 Å². The molecule has 0 atom stereocenters. The Labute approximate surface area is 146 Å². The van der Waals surface area contributed by atoms with Crippen LogP contribution >= 0.6 is 0 Å². The van der Waals surface area contributed by atoms with Gasteiger partial charge in [0.05, 0.1) is 12.8 Å². The van der Waals surface area contributed by atoms with Gasteiger partial charge >= 0.3 is 0 Å². The van der Waals surface area contributed by atoms with Crippen LogP contribution in [0.25, 0.3) is 0 Å². The molecule has 2 aromatic carbocycles. The second-order valence-corrected chi connectivity index (χ2v) is 5.21. The predicted molar refractivity (Wildman–Crippen MR) is 86.4 cm³/mol. The van der Waals surface area contributed by atoms with Crippen molar-refractivity contribution in [2.75, 3.05) is 0 Å². The number of ether oxygens (including phenoxy) is 1. The topological polar surface area (TPSA) is 34.4 Å². The molecule has 0 radical (unpaired) electrons. The summed E-state index contributed by atoms with van der Waals surface area (Å²) in [5.74, 6) is 1.48. The highest BCUT2D eigenvalue weighted by molar-refractivity contribution is 5.33. The number of nitrogens with one attached hydrogen (secondary N) is 1. The molecular weight excluding hydrogens is 329 g/mol. The summed E-state index contributed by atoms with van der Waals surface area (Å²) in [5, 5.41) is 3.33. The molecule has 1 aromatic heterocycles. The van der Waals surface area contributed by atoms with Gasteiger partial charge in [-0.3, -0.25) is 0 Å². The van der Waals surface area contributed by atoms with Gasteiger partial charge in [-0.25, -0.2) is 4.39 Å². The summed E-state index contributed by atoms with van der Waals surface area (Å²) in [5.41, 5.74) is 2.01. The van der Waals surface area contributed by atoms with Crippen LogP contribution in [-0.4, -0.2) is 0 Å². The van der Waals surface area contributed by atoms with Crippen LogP contribution in [0.1, 0.15) is 16.9 Å². The maximum Gasteiger partial charge on any atom is 0.124 e. The van der Waals surface area contributed by atoms with E-state index >= 15 is 0 Å². The summed E-state index contributed by atoms with van der Waals surface area (Å²) in [6, 6.07) is 18.0. The van der Waals surface area contributed by atoms with Crippen molar-refractivity contribution in [1.82, 2.24) is 5.32 Å². The molecule has 0 bridgehead atoms. The molecule has 5 heteroatoms. The number of hydrogen-bond acceptors (Lipinski definition) is 3. The van der Waals surface area contributed by atoms with E-state index in [2.05, 4.69) is 5.32 Å². The number of rotatable bonds is 7. The van der Waals surface area contributed by atoms with E-state index in [9.17, 15) is 4.39 Å². The first-order chi connectivity index (χ1) is 11.3. The van der Waals surface area contributed by atoms with Gasteiger partial charge in [-0.1, -0.05) is 30.3 Å². The van der Waals surface area contributed by atoms with Gasteiger partial charge in [-0.15, -0.1) is 0 Å². The van der Waals surface area contributed by atoms with Crippen LogP contribution in [-0.2, 0) is 19.7 Å². The smallest absolute Gasteiger partial charge is 0.124 e. The lowest BCUT2D eigenvalue weighted by Gasteiger charge is -2.12. The number of furan rings is 1. The zero-order valence-electron chi connectivity index (χ0n) is 13.0. The van der Waals surface area contributed by atoms with E-state index in [1.54, 1.807) is 18.4 Å². The Kier molecular flexibility index (Phi) is 6.85.